The van der Waals surface area contributed by atoms with Crippen LogP contribution in [0.5, 0.6) is 0 Å². The van der Waals surface area contributed by atoms with Gasteiger partial charge in [0.25, 0.3) is 0 Å². The van der Waals surface area contributed by atoms with Gasteiger partial charge in [0.2, 0.25) is 0 Å². The van der Waals surface area contributed by atoms with Gasteiger partial charge in [-0.2, -0.15) is 0 Å². The zero-order valence-electron chi connectivity index (χ0n) is 10.1. The lowest BCUT2D eigenvalue weighted by molar-refractivity contribution is 0.0602. The second kappa shape index (κ2) is 7.20. The van der Waals surface area contributed by atoms with Crippen molar-refractivity contribution in [3.63, 3.8) is 0 Å². The third-order valence-electron chi connectivity index (χ3n) is 3.32. The maximum atomic E-state index is 6.11. The Morgan fingerprint density at radius 3 is 2.60 bits per heavy atom. The van der Waals surface area contributed by atoms with Crippen molar-refractivity contribution in [2.24, 2.45) is 11.7 Å². The van der Waals surface area contributed by atoms with Crippen LogP contribution in [0.1, 0.15) is 39.0 Å². The third kappa shape index (κ3) is 5.50. The Hall–Kier alpha value is -0.120. The van der Waals surface area contributed by atoms with Crippen molar-refractivity contribution in [2.75, 3.05) is 20.3 Å². The van der Waals surface area contributed by atoms with Gasteiger partial charge in [0.1, 0.15) is 0 Å². The highest BCUT2D eigenvalue weighted by molar-refractivity contribution is 4.71. The number of ether oxygens (including phenoxy) is 2. The topological polar surface area (TPSA) is 44.5 Å². The molecule has 1 aliphatic rings. The highest BCUT2D eigenvalue weighted by Crippen LogP contribution is 2.21. The van der Waals surface area contributed by atoms with E-state index in [2.05, 4.69) is 6.92 Å². The molecule has 1 rings (SSSR count). The van der Waals surface area contributed by atoms with Crippen LogP contribution in [0.15, 0.2) is 0 Å². The lowest BCUT2D eigenvalue weighted by Gasteiger charge is -2.25. The van der Waals surface area contributed by atoms with Gasteiger partial charge in [-0.25, -0.2) is 0 Å². The van der Waals surface area contributed by atoms with Gasteiger partial charge in [0.05, 0.1) is 6.10 Å². The maximum absolute atomic E-state index is 6.11. The summed E-state index contributed by atoms with van der Waals surface area (Å²) in [6.07, 6.45) is 6.01. The molecule has 3 nitrogen and oxygen atoms in total. The van der Waals surface area contributed by atoms with Gasteiger partial charge in [-0.1, -0.05) is 0 Å². The highest BCUT2D eigenvalue weighted by atomic mass is 16.5. The fourth-order valence-electron chi connectivity index (χ4n) is 2.09. The Bertz CT molecular complexity index is 158. The molecule has 1 aliphatic heterocycles. The quantitative estimate of drug-likeness (QED) is 0.736. The highest BCUT2D eigenvalue weighted by Gasteiger charge is 2.17. The number of rotatable bonds is 6. The van der Waals surface area contributed by atoms with Gasteiger partial charge in [0.15, 0.2) is 0 Å². The van der Waals surface area contributed by atoms with Gasteiger partial charge in [0, 0.05) is 26.4 Å². The van der Waals surface area contributed by atoms with Gasteiger partial charge in [-0.05, 0) is 44.9 Å². The lowest BCUT2D eigenvalue weighted by Crippen LogP contribution is -2.28. The summed E-state index contributed by atoms with van der Waals surface area (Å²) in [5, 5.41) is 0. The van der Waals surface area contributed by atoms with Crippen LogP contribution in [-0.2, 0) is 9.47 Å². The molecule has 0 aliphatic carbocycles. The fourth-order valence-corrected chi connectivity index (χ4v) is 2.09. The molecule has 1 saturated heterocycles. The van der Waals surface area contributed by atoms with Crippen molar-refractivity contribution in [3.8, 4) is 0 Å². The molecule has 2 N–H and O–H groups in total. The minimum absolute atomic E-state index is 0.339. The van der Waals surface area contributed by atoms with Gasteiger partial charge in [-0.15, -0.1) is 0 Å². The zero-order valence-corrected chi connectivity index (χ0v) is 10.1. The van der Waals surface area contributed by atoms with E-state index >= 15 is 0 Å². The fraction of sp³-hybridized carbons (Fsp3) is 1.00. The van der Waals surface area contributed by atoms with E-state index in [0.29, 0.717) is 12.1 Å². The number of hydrogen-bond acceptors (Lipinski definition) is 3. The molecule has 0 saturated carbocycles. The van der Waals surface area contributed by atoms with Crippen LogP contribution >= 0.6 is 0 Å². The zero-order chi connectivity index (χ0) is 11.1. The van der Waals surface area contributed by atoms with Crippen molar-refractivity contribution < 1.29 is 9.47 Å². The van der Waals surface area contributed by atoms with Crippen molar-refractivity contribution in [1.29, 1.82) is 0 Å². The van der Waals surface area contributed by atoms with Crippen LogP contribution in [0.4, 0.5) is 0 Å². The predicted molar refractivity (Wildman–Crippen MR) is 61.8 cm³/mol. The number of hydrogen-bond donors (Lipinski definition) is 1. The second-order valence-corrected chi connectivity index (χ2v) is 4.68. The molecule has 2 atom stereocenters. The Balaban J connectivity index is 2.08. The van der Waals surface area contributed by atoms with Gasteiger partial charge in [-0.3, -0.25) is 0 Å². The largest absolute Gasteiger partial charge is 0.382 e. The van der Waals surface area contributed by atoms with E-state index in [-0.39, 0.29) is 0 Å². The lowest BCUT2D eigenvalue weighted by atomic mass is 9.91. The van der Waals surface area contributed by atoms with E-state index in [1.807, 2.05) is 0 Å². The van der Waals surface area contributed by atoms with Gasteiger partial charge >= 0.3 is 0 Å². The average molecular weight is 215 g/mol. The molecule has 90 valence electrons. The Labute approximate surface area is 93.3 Å². The van der Waals surface area contributed by atoms with Crippen molar-refractivity contribution >= 4 is 0 Å². The SMILES string of the molecule is COC(C)CCC(N)CC1CCOCC1. The predicted octanol–water partition coefficient (Wildman–Crippen LogP) is 1.95. The number of nitrogens with two attached hydrogens (primary N) is 1. The average Bonchev–Trinajstić information content (AvgIpc) is 2.27. The van der Waals surface area contributed by atoms with Crippen LogP contribution < -0.4 is 5.73 Å². The standard InChI is InChI=1S/C12H25NO2/c1-10(14-2)3-4-12(13)9-11-5-7-15-8-6-11/h10-12H,3-9,13H2,1-2H3. The van der Waals surface area contributed by atoms with Crippen molar-refractivity contribution in [1.82, 2.24) is 0 Å². The molecule has 0 spiro atoms. The molecule has 1 heterocycles. The summed E-state index contributed by atoms with van der Waals surface area (Å²) in [6, 6.07) is 0.339. The van der Waals surface area contributed by atoms with Crippen LogP contribution in [-0.4, -0.2) is 32.5 Å². The molecular weight excluding hydrogens is 190 g/mol. The monoisotopic (exact) mass is 215 g/mol. The summed E-state index contributed by atoms with van der Waals surface area (Å²) < 4.78 is 10.6. The summed E-state index contributed by atoms with van der Waals surface area (Å²) in [5.74, 6) is 0.784. The first-order valence-corrected chi connectivity index (χ1v) is 6.08. The molecule has 3 heteroatoms. The minimum atomic E-state index is 0.339. The molecule has 0 amide bonds. The van der Waals surface area contributed by atoms with E-state index in [1.54, 1.807) is 7.11 Å². The molecule has 15 heavy (non-hydrogen) atoms. The Morgan fingerprint density at radius 1 is 1.33 bits per heavy atom. The molecule has 0 aromatic carbocycles. The van der Waals surface area contributed by atoms with E-state index in [9.17, 15) is 0 Å². The molecule has 0 aromatic heterocycles. The van der Waals surface area contributed by atoms with Crippen molar-refractivity contribution in [3.05, 3.63) is 0 Å². The second-order valence-electron chi connectivity index (χ2n) is 4.68. The smallest absolute Gasteiger partial charge is 0.0543 e. The van der Waals surface area contributed by atoms with E-state index < -0.39 is 0 Å². The minimum Gasteiger partial charge on any atom is -0.382 e. The number of methoxy groups -OCH3 is 1. The molecule has 2 unspecified atom stereocenters. The van der Waals surface area contributed by atoms with E-state index in [4.69, 9.17) is 15.2 Å². The van der Waals surface area contributed by atoms with Gasteiger partial charge < -0.3 is 15.2 Å². The van der Waals surface area contributed by atoms with Crippen LogP contribution in [0.2, 0.25) is 0 Å². The van der Waals surface area contributed by atoms with E-state index in [1.165, 1.54) is 12.8 Å². The first kappa shape index (κ1) is 12.9. The normalized spacial score (nSPS) is 22.6. The first-order chi connectivity index (χ1) is 7.22. The summed E-state index contributed by atoms with van der Waals surface area (Å²) in [4.78, 5) is 0. The van der Waals surface area contributed by atoms with Crippen molar-refractivity contribution in [2.45, 2.75) is 51.2 Å². The summed E-state index contributed by atoms with van der Waals surface area (Å²) in [6.45, 7) is 3.94. The molecule has 0 radical (unpaired) electrons. The van der Waals surface area contributed by atoms with Crippen LogP contribution in [0.25, 0.3) is 0 Å². The first-order valence-electron chi connectivity index (χ1n) is 6.08. The van der Waals surface area contributed by atoms with E-state index in [0.717, 1.165) is 38.4 Å². The third-order valence-corrected chi connectivity index (χ3v) is 3.32. The Kier molecular flexibility index (Phi) is 6.22. The maximum Gasteiger partial charge on any atom is 0.0543 e. The summed E-state index contributed by atoms with van der Waals surface area (Å²) in [5.41, 5.74) is 6.11. The molecule has 0 bridgehead atoms. The molecular formula is C12H25NO2. The van der Waals surface area contributed by atoms with Crippen LogP contribution in [0, 0.1) is 5.92 Å². The summed E-state index contributed by atoms with van der Waals surface area (Å²) in [7, 11) is 1.76. The van der Waals surface area contributed by atoms with Crippen LogP contribution in [0.3, 0.4) is 0 Å². The Morgan fingerprint density at radius 2 is 2.00 bits per heavy atom. The summed E-state index contributed by atoms with van der Waals surface area (Å²) >= 11 is 0. The molecule has 0 aromatic rings. The molecule has 1 fully saturated rings.